The van der Waals surface area contributed by atoms with E-state index in [9.17, 15) is 9.18 Å². The van der Waals surface area contributed by atoms with Crippen LogP contribution in [0.2, 0.25) is 0 Å². The van der Waals surface area contributed by atoms with Gasteiger partial charge >= 0.3 is 6.03 Å². The summed E-state index contributed by atoms with van der Waals surface area (Å²) in [4.78, 5) is 20.5. The number of nitrogens with one attached hydrogen (secondary N) is 1. The van der Waals surface area contributed by atoms with Gasteiger partial charge in [0.1, 0.15) is 5.82 Å². The highest BCUT2D eigenvalue weighted by molar-refractivity contribution is 5.74. The van der Waals surface area contributed by atoms with Crippen molar-refractivity contribution in [2.45, 2.75) is 13.1 Å². The molecule has 3 rings (SSSR count). The van der Waals surface area contributed by atoms with E-state index in [-0.39, 0.29) is 11.8 Å². The zero-order valence-corrected chi connectivity index (χ0v) is 13.5. The van der Waals surface area contributed by atoms with E-state index in [1.807, 2.05) is 23.1 Å². The Balaban J connectivity index is 1.42. The van der Waals surface area contributed by atoms with Crippen LogP contribution in [-0.2, 0) is 13.1 Å². The number of rotatable bonds is 4. The van der Waals surface area contributed by atoms with Crippen LogP contribution >= 0.6 is 0 Å². The predicted octanol–water partition coefficient (Wildman–Crippen LogP) is 2.25. The summed E-state index contributed by atoms with van der Waals surface area (Å²) < 4.78 is 12.9. The highest BCUT2D eigenvalue weighted by Gasteiger charge is 2.20. The van der Waals surface area contributed by atoms with E-state index in [1.165, 1.54) is 12.1 Å². The number of halogens is 1. The van der Waals surface area contributed by atoms with Crippen LogP contribution < -0.4 is 5.32 Å². The van der Waals surface area contributed by atoms with Crippen molar-refractivity contribution in [3.8, 4) is 0 Å². The van der Waals surface area contributed by atoms with Gasteiger partial charge < -0.3 is 10.2 Å². The monoisotopic (exact) mass is 328 g/mol. The van der Waals surface area contributed by atoms with Crippen molar-refractivity contribution >= 4 is 6.03 Å². The molecule has 6 heteroatoms. The smallest absolute Gasteiger partial charge is 0.317 e. The molecule has 1 N–H and O–H groups in total. The van der Waals surface area contributed by atoms with Gasteiger partial charge in [-0.05, 0) is 29.8 Å². The number of urea groups is 1. The number of carbonyl (C=O) groups is 1. The Labute approximate surface area is 141 Å². The van der Waals surface area contributed by atoms with Crippen molar-refractivity contribution < 1.29 is 9.18 Å². The van der Waals surface area contributed by atoms with Crippen LogP contribution in [0.1, 0.15) is 11.3 Å². The standard InChI is InChI=1S/C18H21FN4O/c19-16-6-4-15(5-7-16)14-22-9-11-23(12-10-22)18(24)21-13-17-3-1-2-8-20-17/h1-8H,9-14H2,(H,21,24). The van der Waals surface area contributed by atoms with Gasteiger partial charge in [-0.25, -0.2) is 9.18 Å². The van der Waals surface area contributed by atoms with Gasteiger partial charge in [-0.1, -0.05) is 18.2 Å². The topological polar surface area (TPSA) is 48.5 Å². The van der Waals surface area contributed by atoms with Gasteiger partial charge in [0.05, 0.1) is 12.2 Å². The number of hydrogen-bond donors (Lipinski definition) is 1. The average molecular weight is 328 g/mol. The largest absolute Gasteiger partial charge is 0.332 e. The summed E-state index contributed by atoms with van der Waals surface area (Å²) in [5.41, 5.74) is 1.94. The van der Waals surface area contributed by atoms with E-state index in [1.54, 1.807) is 18.3 Å². The minimum atomic E-state index is -0.215. The van der Waals surface area contributed by atoms with Crippen LogP contribution in [0.15, 0.2) is 48.7 Å². The second-order valence-corrected chi connectivity index (χ2v) is 5.87. The first-order valence-corrected chi connectivity index (χ1v) is 8.10. The molecule has 1 saturated heterocycles. The maximum atomic E-state index is 12.9. The van der Waals surface area contributed by atoms with Crippen LogP contribution in [0.5, 0.6) is 0 Å². The Morgan fingerprint density at radius 3 is 2.50 bits per heavy atom. The maximum Gasteiger partial charge on any atom is 0.317 e. The summed E-state index contributed by atoms with van der Waals surface area (Å²) in [5, 5.41) is 2.90. The van der Waals surface area contributed by atoms with Crippen LogP contribution in [0.4, 0.5) is 9.18 Å². The van der Waals surface area contributed by atoms with E-state index >= 15 is 0 Å². The Hall–Kier alpha value is -2.47. The lowest BCUT2D eigenvalue weighted by Gasteiger charge is -2.34. The Kier molecular flexibility index (Phi) is 5.38. The minimum Gasteiger partial charge on any atom is -0.332 e. The first-order valence-electron chi connectivity index (χ1n) is 8.10. The highest BCUT2D eigenvalue weighted by Crippen LogP contribution is 2.10. The van der Waals surface area contributed by atoms with Gasteiger partial charge in [-0.3, -0.25) is 9.88 Å². The second-order valence-electron chi connectivity index (χ2n) is 5.87. The summed E-state index contributed by atoms with van der Waals surface area (Å²) in [6, 6.07) is 12.2. The summed E-state index contributed by atoms with van der Waals surface area (Å²) in [5.74, 6) is -0.215. The molecule has 2 heterocycles. The molecule has 0 bridgehead atoms. The molecule has 1 aromatic carbocycles. The zero-order valence-electron chi connectivity index (χ0n) is 13.5. The highest BCUT2D eigenvalue weighted by atomic mass is 19.1. The lowest BCUT2D eigenvalue weighted by Crippen LogP contribution is -2.51. The van der Waals surface area contributed by atoms with Crippen molar-refractivity contribution in [1.29, 1.82) is 0 Å². The molecule has 0 radical (unpaired) electrons. The van der Waals surface area contributed by atoms with Crippen molar-refractivity contribution in [1.82, 2.24) is 20.1 Å². The summed E-state index contributed by atoms with van der Waals surface area (Å²) >= 11 is 0. The number of carbonyl (C=O) groups excluding carboxylic acids is 1. The number of benzene rings is 1. The van der Waals surface area contributed by atoms with E-state index < -0.39 is 0 Å². The molecule has 2 amide bonds. The van der Waals surface area contributed by atoms with Crippen LogP contribution in [0, 0.1) is 5.82 Å². The molecule has 1 aliphatic heterocycles. The molecule has 0 aliphatic carbocycles. The van der Waals surface area contributed by atoms with E-state index in [0.29, 0.717) is 19.6 Å². The molecule has 0 spiro atoms. The minimum absolute atomic E-state index is 0.0536. The third-order valence-electron chi connectivity index (χ3n) is 4.13. The van der Waals surface area contributed by atoms with Gasteiger partial charge in [0.15, 0.2) is 0 Å². The third kappa shape index (κ3) is 4.52. The third-order valence-corrected chi connectivity index (χ3v) is 4.13. The molecule has 1 aromatic heterocycles. The molecule has 24 heavy (non-hydrogen) atoms. The molecular weight excluding hydrogens is 307 g/mol. The molecule has 2 aromatic rings. The van der Waals surface area contributed by atoms with Gasteiger partial charge in [-0.2, -0.15) is 0 Å². The van der Waals surface area contributed by atoms with E-state index in [2.05, 4.69) is 15.2 Å². The molecule has 0 atom stereocenters. The SMILES string of the molecule is O=C(NCc1ccccn1)N1CCN(Cc2ccc(F)cc2)CC1. The number of pyridine rings is 1. The number of aromatic nitrogens is 1. The number of piperazine rings is 1. The second kappa shape index (κ2) is 7.88. The van der Waals surface area contributed by atoms with Crippen molar-refractivity contribution in [3.05, 3.63) is 65.7 Å². The van der Waals surface area contributed by atoms with Crippen molar-refractivity contribution in [2.75, 3.05) is 26.2 Å². The normalized spacial score (nSPS) is 15.3. The lowest BCUT2D eigenvalue weighted by molar-refractivity contribution is 0.135. The van der Waals surface area contributed by atoms with Crippen molar-refractivity contribution in [3.63, 3.8) is 0 Å². The Bertz CT molecular complexity index is 654. The Morgan fingerprint density at radius 2 is 1.83 bits per heavy atom. The summed E-state index contributed by atoms with van der Waals surface area (Å²) in [6.07, 6.45) is 1.72. The van der Waals surface area contributed by atoms with E-state index in [0.717, 1.165) is 30.9 Å². The van der Waals surface area contributed by atoms with Gasteiger partial charge in [0.25, 0.3) is 0 Å². The maximum absolute atomic E-state index is 12.9. The predicted molar refractivity (Wildman–Crippen MR) is 89.7 cm³/mol. The van der Waals surface area contributed by atoms with Crippen LogP contribution in [0.3, 0.4) is 0 Å². The van der Waals surface area contributed by atoms with E-state index in [4.69, 9.17) is 0 Å². The average Bonchev–Trinajstić information content (AvgIpc) is 2.63. The fourth-order valence-corrected chi connectivity index (χ4v) is 2.74. The number of nitrogens with zero attached hydrogens (tertiary/aromatic N) is 3. The first-order chi connectivity index (χ1) is 11.7. The Morgan fingerprint density at radius 1 is 1.08 bits per heavy atom. The quantitative estimate of drug-likeness (QED) is 0.936. The van der Waals surface area contributed by atoms with Gasteiger partial charge in [0.2, 0.25) is 0 Å². The van der Waals surface area contributed by atoms with Gasteiger partial charge in [-0.15, -0.1) is 0 Å². The fourth-order valence-electron chi connectivity index (χ4n) is 2.74. The first kappa shape index (κ1) is 16.4. The molecule has 1 fully saturated rings. The molecule has 0 unspecified atom stereocenters. The molecule has 1 aliphatic rings. The van der Waals surface area contributed by atoms with Crippen LogP contribution in [0.25, 0.3) is 0 Å². The summed E-state index contributed by atoms with van der Waals surface area (Å²) in [7, 11) is 0. The van der Waals surface area contributed by atoms with Gasteiger partial charge in [0, 0.05) is 38.9 Å². The number of hydrogen-bond acceptors (Lipinski definition) is 3. The molecular formula is C18H21FN4O. The molecule has 0 saturated carbocycles. The number of amides is 2. The zero-order chi connectivity index (χ0) is 16.8. The molecule has 5 nitrogen and oxygen atoms in total. The fraction of sp³-hybridized carbons (Fsp3) is 0.333. The lowest BCUT2D eigenvalue weighted by atomic mass is 10.2. The summed E-state index contributed by atoms with van der Waals surface area (Å²) in [6.45, 7) is 4.23. The van der Waals surface area contributed by atoms with Crippen LogP contribution in [-0.4, -0.2) is 47.0 Å². The van der Waals surface area contributed by atoms with Crippen molar-refractivity contribution in [2.24, 2.45) is 0 Å². The molecule has 126 valence electrons.